The van der Waals surface area contributed by atoms with Crippen LogP contribution in [0.1, 0.15) is 0 Å². The van der Waals surface area contributed by atoms with Gasteiger partial charge in [-0.3, -0.25) is 4.79 Å². The van der Waals surface area contributed by atoms with Crippen LogP contribution in [0.25, 0.3) is 10.2 Å². The quantitative estimate of drug-likeness (QED) is 0.726. The average molecular weight is 197 g/mol. The van der Waals surface area contributed by atoms with Gasteiger partial charge < -0.3 is 9.67 Å². The van der Waals surface area contributed by atoms with E-state index in [1.165, 1.54) is 4.57 Å². The van der Waals surface area contributed by atoms with Gasteiger partial charge in [-0.2, -0.15) is 0 Å². The summed E-state index contributed by atoms with van der Waals surface area (Å²) in [6, 6.07) is 1.72. The maximum absolute atomic E-state index is 11.6. The number of nitrogens with zero attached hydrogens (tertiary/aromatic N) is 3. The van der Waals surface area contributed by atoms with E-state index in [4.69, 9.17) is 5.11 Å². The van der Waals surface area contributed by atoms with E-state index < -0.39 is 0 Å². The fraction of sp³-hybridized carbons (Fsp3) is 0.286. The van der Waals surface area contributed by atoms with Crippen LogP contribution in [0.2, 0.25) is 0 Å². The molecular weight excluding hydrogens is 190 g/mol. The molecule has 0 spiro atoms. The van der Waals surface area contributed by atoms with Crippen LogP contribution in [0.4, 0.5) is 0 Å². The van der Waals surface area contributed by atoms with Gasteiger partial charge in [-0.15, -0.1) is 5.10 Å². The van der Waals surface area contributed by atoms with Crippen molar-refractivity contribution in [1.82, 2.24) is 14.2 Å². The smallest absolute Gasteiger partial charge is 0.271 e. The highest BCUT2D eigenvalue weighted by molar-refractivity contribution is 7.12. The van der Waals surface area contributed by atoms with Crippen LogP contribution in [0.15, 0.2) is 17.1 Å². The van der Waals surface area contributed by atoms with E-state index in [9.17, 15) is 4.79 Å². The van der Waals surface area contributed by atoms with E-state index in [0.717, 1.165) is 11.5 Å². The molecule has 0 aliphatic rings. The van der Waals surface area contributed by atoms with Gasteiger partial charge in [0.2, 0.25) is 0 Å². The first kappa shape index (κ1) is 8.33. The summed E-state index contributed by atoms with van der Waals surface area (Å²) in [7, 11) is 0. The predicted octanol–water partition coefficient (Wildman–Crippen LogP) is -0.155. The van der Waals surface area contributed by atoms with E-state index in [0.29, 0.717) is 16.8 Å². The zero-order chi connectivity index (χ0) is 9.26. The molecule has 0 bridgehead atoms. The van der Waals surface area contributed by atoms with Crippen LogP contribution in [0.5, 0.6) is 0 Å². The van der Waals surface area contributed by atoms with E-state index in [1.54, 1.807) is 12.3 Å². The van der Waals surface area contributed by atoms with Crippen molar-refractivity contribution in [2.24, 2.45) is 0 Å². The summed E-state index contributed by atoms with van der Waals surface area (Å²) in [5.74, 6) is 0. The van der Waals surface area contributed by atoms with Crippen molar-refractivity contribution in [2.45, 2.75) is 6.54 Å². The van der Waals surface area contributed by atoms with Crippen LogP contribution in [-0.2, 0) is 6.54 Å². The summed E-state index contributed by atoms with van der Waals surface area (Å²) in [5.41, 5.74) is 0.478. The third-order valence-electron chi connectivity index (χ3n) is 1.72. The number of pyridine rings is 1. The molecule has 0 aliphatic heterocycles. The van der Waals surface area contributed by atoms with E-state index in [2.05, 4.69) is 9.59 Å². The second-order valence-electron chi connectivity index (χ2n) is 2.53. The lowest BCUT2D eigenvalue weighted by Crippen LogP contribution is -2.20. The lowest BCUT2D eigenvalue weighted by atomic mass is 10.4. The van der Waals surface area contributed by atoms with Gasteiger partial charge in [-0.1, -0.05) is 4.49 Å². The molecule has 0 atom stereocenters. The third-order valence-corrected chi connectivity index (χ3v) is 2.45. The fourth-order valence-corrected chi connectivity index (χ4v) is 1.71. The fourth-order valence-electron chi connectivity index (χ4n) is 1.10. The highest BCUT2D eigenvalue weighted by Gasteiger charge is 2.04. The summed E-state index contributed by atoms with van der Waals surface area (Å²) >= 11 is 1.08. The van der Waals surface area contributed by atoms with E-state index >= 15 is 0 Å². The summed E-state index contributed by atoms with van der Waals surface area (Å²) in [5, 5.41) is 12.5. The van der Waals surface area contributed by atoms with Gasteiger partial charge in [0, 0.05) is 12.7 Å². The Morgan fingerprint density at radius 1 is 1.62 bits per heavy atom. The monoisotopic (exact) mass is 197 g/mol. The van der Waals surface area contributed by atoms with Gasteiger partial charge in [0.05, 0.1) is 6.61 Å². The van der Waals surface area contributed by atoms with Crippen LogP contribution in [-0.4, -0.2) is 25.9 Å². The Hall–Kier alpha value is -1.27. The Morgan fingerprint density at radius 2 is 2.46 bits per heavy atom. The maximum Gasteiger partial charge on any atom is 0.271 e. The van der Waals surface area contributed by atoms with E-state index in [1.807, 2.05) is 0 Å². The molecule has 5 nitrogen and oxygen atoms in total. The number of hydrogen-bond acceptors (Lipinski definition) is 5. The summed E-state index contributed by atoms with van der Waals surface area (Å²) in [6.45, 7) is 0.268. The van der Waals surface area contributed by atoms with Crippen molar-refractivity contribution in [2.75, 3.05) is 6.61 Å². The normalized spacial score (nSPS) is 10.8. The standard InChI is InChI=1S/C7H7N3O2S/c11-4-3-10-2-1-5-6(7(10)12)13-9-8-5/h1-2,11H,3-4H2. The van der Waals surface area contributed by atoms with Gasteiger partial charge >= 0.3 is 0 Å². The first-order valence-electron chi connectivity index (χ1n) is 3.75. The zero-order valence-electron chi connectivity index (χ0n) is 6.67. The van der Waals surface area contributed by atoms with Crippen molar-refractivity contribution in [3.8, 4) is 0 Å². The second kappa shape index (κ2) is 3.23. The van der Waals surface area contributed by atoms with E-state index in [-0.39, 0.29) is 12.2 Å². The SMILES string of the molecule is O=c1c2snnc2ccn1CCO. The predicted molar refractivity (Wildman–Crippen MR) is 48.8 cm³/mol. The second-order valence-corrected chi connectivity index (χ2v) is 3.28. The maximum atomic E-state index is 11.6. The number of rotatable bonds is 2. The van der Waals surface area contributed by atoms with Gasteiger partial charge in [-0.25, -0.2) is 0 Å². The number of aromatic nitrogens is 3. The Balaban J connectivity index is 2.67. The number of aliphatic hydroxyl groups excluding tert-OH is 1. The van der Waals surface area contributed by atoms with Crippen molar-refractivity contribution in [1.29, 1.82) is 0 Å². The molecule has 68 valence electrons. The topological polar surface area (TPSA) is 68.0 Å². The molecule has 0 unspecified atom stereocenters. The number of aliphatic hydroxyl groups is 1. The van der Waals surface area contributed by atoms with Crippen molar-refractivity contribution >= 4 is 21.7 Å². The van der Waals surface area contributed by atoms with Crippen LogP contribution < -0.4 is 5.56 Å². The minimum Gasteiger partial charge on any atom is -0.395 e. The first-order valence-corrected chi connectivity index (χ1v) is 4.52. The highest BCUT2D eigenvalue weighted by Crippen LogP contribution is 2.08. The Morgan fingerprint density at radius 3 is 3.23 bits per heavy atom. The average Bonchev–Trinajstić information content (AvgIpc) is 2.58. The van der Waals surface area contributed by atoms with Crippen LogP contribution in [0, 0.1) is 0 Å². The molecule has 0 radical (unpaired) electrons. The lowest BCUT2D eigenvalue weighted by molar-refractivity contribution is 0.274. The molecule has 6 heteroatoms. The molecule has 0 aromatic carbocycles. The van der Waals surface area contributed by atoms with Gasteiger partial charge in [0.15, 0.2) is 0 Å². The molecule has 0 aliphatic carbocycles. The summed E-state index contributed by atoms with van der Waals surface area (Å²) in [6.07, 6.45) is 1.61. The summed E-state index contributed by atoms with van der Waals surface area (Å²) in [4.78, 5) is 11.6. The molecule has 2 aromatic heterocycles. The molecule has 0 saturated heterocycles. The Bertz CT molecular complexity index is 476. The molecule has 2 rings (SSSR count). The number of hydrogen-bond donors (Lipinski definition) is 1. The Labute approximate surface area is 77.4 Å². The van der Waals surface area contributed by atoms with Crippen LogP contribution >= 0.6 is 11.5 Å². The number of fused-ring (bicyclic) bond motifs is 1. The van der Waals surface area contributed by atoms with Crippen molar-refractivity contribution in [3.05, 3.63) is 22.6 Å². The minimum absolute atomic E-state index is 0.0440. The third kappa shape index (κ3) is 1.34. The molecule has 0 amide bonds. The van der Waals surface area contributed by atoms with Gasteiger partial charge in [0.25, 0.3) is 5.56 Å². The largest absolute Gasteiger partial charge is 0.395 e. The van der Waals surface area contributed by atoms with Gasteiger partial charge in [-0.05, 0) is 17.6 Å². The lowest BCUT2D eigenvalue weighted by Gasteiger charge is -2.00. The summed E-state index contributed by atoms with van der Waals surface area (Å²) < 4.78 is 5.66. The molecule has 13 heavy (non-hydrogen) atoms. The van der Waals surface area contributed by atoms with Crippen molar-refractivity contribution < 1.29 is 5.11 Å². The first-order chi connectivity index (χ1) is 6.33. The zero-order valence-corrected chi connectivity index (χ0v) is 7.49. The van der Waals surface area contributed by atoms with Crippen LogP contribution in [0.3, 0.4) is 0 Å². The highest BCUT2D eigenvalue weighted by atomic mass is 32.1. The molecule has 2 aromatic rings. The molecular formula is C7H7N3O2S. The molecule has 0 saturated carbocycles. The molecule has 0 fully saturated rings. The Kier molecular flexibility index (Phi) is 2.07. The minimum atomic E-state index is -0.137. The molecule has 2 heterocycles. The van der Waals surface area contributed by atoms with Crippen molar-refractivity contribution in [3.63, 3.8) is 0 Å². The van der Waals surface area contributed by atoms with Gasteiger partial charge in [0.1, 0.15) is 10.2 Å². The molecule has 1 N–H and O–H groups in total.